The van der Waals surface area contributed by atoms with E-state index in [-0.39, 0.29) is 24.2 Å². The van der Waals surface area contributed by atoms with Crippen molar-refractivity contribution in [1.29, 1.82) is 0 Å². The highest BCUT2D eigenvalue weighted by Gasteiger charge is 2.31. The van der Waals surface area contributed by atoms with Gasteiger partial charge in [0.05, 0.1) is 18.6 Å². The molecule has 1 amide bonds. The minimum absolute atomic E-state index is 0.124. The number of ether oxygens (including phenoxy) is 1. The van der Waals surface area contributed by atoms with Gasteiger partial charge in [-0.15, -0.1) is 0 Å². The normalized spacial score (nSPS) is 30.4. The van der Waals surface area contributed by atoms with Crippen LogP contribution in [0.2, 0.25) is 0 Å². The molecule has 0 saturated carbocycles. The second kappa shape index (κ2) is 6.53. The standard InChI is InChI=1S/C14H25NO3/c1-11(16)9-12-5-4-7-15(12)14(17)10-13-6-2-3-8-18-13/h11-13,16H,2-10H2,1H3. The molecule has 0 bridgehead atoms. The van der Waals surface area contributed by atoms with Gasteiger partial charge >= 0.3 is 0 Å². The van der Waals surface area contributed by atoms with E-state index in [9.17, 15) is 9.90 Å². The van der Waals surface area contributed by atoms with E-state index in [0.29, 0.717) is 12.8 Å². The summed E-state index contributed by atoms with van der Waals surface area (Å²) in [5.41, 5.74) is 0. The van der Waals surface area contributed by atoms with E-state index in [4.69, 9.17) is 4.74 Å². The molecule has 0 spiro atoms. The van der Waals surface area contributed by atoms with E-state index in [1.54, 1.807) is 6.92 Å². The third-order valence-corrected chi connectivity index (χ3v) is 3.99. The quantitative estimate of drug-likeness (QED) is 0.832. The first-order valence-electron chi connectivity index (χ1n) is 7.26. The Bertz CT molecular complexity index is 274. The molecule has 2 fully saturated rings. The Morgan fingerprint density at radius 3 is 2.89 bits per heavy atom. The summed E-state index contributed by atoms with van der Waals surface area (Å²) in [6.45, 7) is 3.45. The molecule has 0 aromatic rings. The van der Waals surface area contributed by atoms with E-state index >= 15 is 0 Å². The third-order valence-electron chi connectivity index (χ3n) is 3.99. The average Bonchev–Trinajstić information content (AvgIpc) is 2.77. The number of rotatable bonds is 4. The Kier molecular flexibility index (Phi) is 5.01. The molecular formula is C14H25NO3. The number of carbonyl (C=O) groups is 1. The van der Waals surface area contributed by atoms with Crippen LogP contribution in [0, 0.1) is 0 Å². The van der Waals surface area contributed by atoms with E-state index in [1.165, 1.54) is 6.42 Å². The number of hydrogen-bond acceptors (Lipinski definition) is 3. The topological polar surface area (TPSA) is 49.8 Å². The van der Waals surface area contributed by atoms with Crippen molar-refractivity contribution < 1.29 is 14.6 Å². The third kappa shape index (κ3) is 3.69. The van der Waals surface area contributed by atoms with Gasteiger partial charge in [0.1, 0.15) is 0 Å². The summed E-state index contributed by atoms with van der Waals surface area (Å²) in [4.78, 5) is 14.2. The molecule has 4 nitrogen and oxygen atoms in total. The highest BCUT2D eigenvalue weighted by Crippen LogP contribution is 2.24. The lowest BCUT2D eigenvalue weighted by atomic mass is 10.0. The monoisotopic (exact) mass is 255 g/mol. The Morgan fingerprint density at radius 1 is 1.39 bits per heavy atom. The van der Waals surface area contributed by atoms with Gasteiger partial charge in [-0.25, -0.2) is 0 Å². The fourth-order valence-electron chi connectivity index (χ4n) is 3.08. The van der Waals surface area contributed by atoms with Gasteiger partial charge in [0.25, 0.3) is 0 Å². The summed E-state index contributed by atoms with van der Waals surface area (Å²) in [6, 6.07) is 0.237. The predicted octanol–water partition coefficient (Wildman–Crippen LogP) is 1.71. The van der Waals surface area contributed by atoms with Gasteiger partial charge in [0, 0.05) is 19.2 Å². The molecule has 104 valence electrons. The minimum Gasteiger partial charge on any atom is -0.393 e. The number of nitrogens with zero attached hydrogens (tertiary/aromatic N) is 1. The molecule has 0 aliphatic carbocycles. The zero-order valence-electron chi connectivity index (χ0n) is 11.3. The van der Waals surface area contributed by atoms with E-state index in [2.05, 4.69) is 0 Å². The number of hydrogen-bond donors (Lipinski definition) is 1. The van der Waals surface area contributed by atoms with Gasteiger partial charge in [-0.1, -0.05) is 0 Å². The molecule has 0 radical (unpaired) electrons. The second-order valence-electron chi connectivity index (χ2n) is 5.66. The van der Waals surface area contributed by atoms with E-state index < -0.39 is 0 Å². The van der Waals surface area contributed by atoms with Gasteiger partial charge in [-0.2, -0.15) is 0 Å². The summed E-state index contributed by atoms with van der Waals surface area (Å²) >= 11 is 0. The SMILES string of the molecule is CC(O)CC1CCCN1C(=O)CC1CCCCO1. The lowest BCUT2D eigenvalue weighted by Crippen LogP contribution is -2.39. The molecule has 2 saturated heterocycles. The Morgan fingerprint density at radius 2 is 2.22 bits per heavy atom. The van der Waals surface area contributed by atoms with Crippen molar-refractivity contribution in [2.24, 2.45) is 0 Å². The zero-order valence-corrected chi connectivity index (χ0v) is 11.3. The van der Waals surface area contributed by atoms with Crippen LogP contribution in [0.3, 0.4) is 0 Å². The summed E-state index contributed by atoms with van der Waals surface area (Å²) in [6.07, 6.45) is 6.44. The van der Waals surface area contributed by atoms with Crippen LogP contribution in [-0.2, 0) is 9.53 Å². The van der Waals surface area contributed by atoms with Crippen molar-refractivity contribution in [2.45, 2.75) is 70.1 Å². The Balaban J connectivity index is 1.83. The summed E-state index contributed by atoms with van der Waals surface area (Å²) in [7, 11) is 0. The van der Waals surface area contributed by atoms with Gasteiger partial charge in [-0.05, 0) is 45.4 Å². The Labute approximate surface area is 109 Å². The molecule has 2 aliphatic heterocycles. The summed E-state index contributed by atoms with van der Waals surface area (Å²) in [5.74, 6) is 0.213. The van der Waals surface area contributed by atoms with Gasteiger partial charge < -0.3 is 14.7 Å². The van der Waals surface area contributed by atoms with Crippen LogP contribution in [-0.4, -0.2) is 47.3 Å². The molecule has 2 rings (SSSR count). The largest absolute Gasteiger partial charge is 0.393 e. The smallest absolute Gasteiger partial charge is 0.225 e. The number of carbonyl (C=O) groups excluding carboxylic acids is 1. The molecule has 18 heavy (non-hydrogen) atoms. The van der Waals surface area contributed by atoms with Crippen LogP contribution in [0.1, 0.15) is 51.9 Å². The van der Waals surface area contributed by atoms with Crippen LogP contribution < -0.4 is 0 Å². The van der Waals surface area contributed by atoms with Gasteiger partial charge in [-0.3, -0.25) is 4.79 Å². The van der Waals surface area contributed by atoms with Crippen LogP contribution in [0.25, 0.3) is 0 Å². The molecule has 0 aromatic heterocycles. The first kappa shape index (κ1) is 13.8. The van der Waals surface area contributed by atoms with Crippen molar-refractivity contribution >= 4 is 5.91 Å². The average molecular weight is 255 g/mol. The fourth-order valence-corrected chi connectivity index (χ4v) is 3.08. The maximum atomic E-state index is 12.3. The first-order valence-corrected chi connectivity index (χ1v) is 7.26. The number of aliphatic hydroxyl groups is 1. The maximum Gasteiger partial charge on any atom is 0.225 e. The van der Waals surface area contributed by atoms with Gasteiger partial charge in [0.2, 0.25) is 5.91 Å². The number of amides is 1. The van der Waals surface area contributed by atoms with Crippen LogP contribution in [0.5, 0.6) is 0 Å². The molecule has 3 unspecified atom stereocenters. The van der Waals surface area contributed by atoms with E-state index in [1.807, 2.05) is 4.90 Å². The van der Waals surface area contributed by atoms with Crippen molar-refractivity contribution in [3.8, 4) is 0 Å². The highest BCUT2D eigenvalue weighted by molar-refractivity contribution is 5.77. The molecule has 1 N–H and O–H groups in total. The van der Waals surface area contributed by atoms with Crippen LogP contribution in [0.4, 0.5) is 0 Å². The van der Waals surface area contributed by atoms with Crippen molar-refractivity contribution in [2.75, 3.05) is 13.2 Å². The minimum atomic E-state index is -0.325. The van der Waals surface area contributed by atoms with Crippen LogP contribution >= 0.6 is 0 Å². The summed E-state index contributed by atoms with van der Waals surface area (Å²) in [5, 5.41) is 9.47. The Hall–Kier alpha value is -0.610. The zero-order chi connectivity index (χ0) is 13.0. The number of likely N-dealkylation sites (tertiary alicyclic amines) is 1. The summed E-state index contributed by atoms with van der Waals surface area (Å²) < 4.78 is 5.63. The molecule has 3 atom stereocenters. The van der Waals surface area contributed by atoms with Crippen LogP contribution in [0.15, 0.2) is 0 Å². The lowest BCUT2D eigenvalue weighted by molar-refractivity contribution is -0.136. The van der Waals surface area contributed by atoms with Gasteiger partial charge in [0.15, 0.2) is 0 Å². The first-order chi connectivity index (χ1) is 8.66. The molecule has 4 heteroatoms. The maximum absolute atomic E-state index is 12.3. The second-order valence-corrected chi connectivity index (χ2v) is 5.66. The number of aliphatic hydroxyl groups excluding tert-OH is 1. The fraction of sp³-hybridized carbons (Fsp3) is 0.929. The molecular weight excluding hydrogens is 230 g/mol. The van der Waals surface area contributed by atoms with Crippen molar-refractivity contribution in [1.82, 2.24) is 4.90 Å². The predicted molar refractivity (Wildman–Crippen MR) is 69.2 cm³/mol. The lowest BCUT2D eigenvalue weighted by Gasteiger charge is -2.29. The highest BCUT2D eigenvalue weighted by atomic mass is 16.5. The van der Waals surface area contributed by atoms with E-state index in [0.717, 1.165) is 38.8 Å². The molecule has 2 heterocycles. The van der Waals surface area contributed by atoms with Crippen molar-refractivity contribution in [3.63, 3.8) is 0 Å². The van der Waals surface area contributed by atoms with Crippen molar-refractivity contribution in [3.05, 3.63) is 0 Å². The molecule has 2 aliphatic rings. The molecule has 0 aromatic carbocycles.